The quantitative estimate of drug-likeness (QED) is 0.394. The molecule has 1 amide bonds. The van der Waals surface area contributed by atoms with Crippen LogP contribution < -0.4 is 4.90 Å². The summed E-state index contributed by atoms with van der Waals surface area (Å²) in [6.07, 6.45) is 6.52. The van der Waals surface area contributed by atoms with Gasteiger partial charge >= 0.3 is 0 Å². The Hall–Kier alpha value is -2.93. The number of amides is 1. The molecule has 2 aliphatic rings. The van der Waals surface area contributed by atoms with E-state index in [4.69, 9.17) is 0 Å². The summed E-state index contributed by atoms with van der Waals surface area (Å²) in [6, 6.07) is 13.0. The first-order valence-electron chi connectivity index (χ1n) is 12.6. The first-order valence-corrected chi connectivity index (χ1v) is 13.6. The number of thioether (sulfide) groups is 1. The number of nitrogens with zero attached hydrogens (tertiary/aromatic N) is 4. The van der Waals surface area contributed by atoms with Gasteiger partial charge in [0.25, 0.3) is 0 Å². The molecule has 0 spiro atoms. The molecule has 2 aromatic carbocycles. The van der Waals surface area contributed by atoms with Crippen molar-refractivity contribution in [2.24, 2.45) is 18.0 Å². The fourth-order valence-corrected chi connectivity index (χ4v) is 5.63. The van der Waals surface area contributed by atoms with Crippen molar-refractivity contribution in [2.75, 3.05) is 17.2 Å². The van der Waals surface area contributed by atoms with Gasteiger partial charge in [0, 0.05) is 49.8 Å². The fourth-order valence-electron chi connectivity index (χ4n) is 4.69. The van der Waals surface area contributed by atoms with Crippen LogP contribution in [-0.2, 0) is 24.8 Å². The molecule has 1 aromatic heterocycles. The van der Waals surface area contributed by atoms with E-state index in [1.807, 2.05) is 35.7 Å². The Morgan fingerprint density at radius 1 is 1.28 bits per heavy atom. The molecular formula is C29H35FN4OS. The number of aromatic nitrogens is 2. The molecule has 0 saturated carbocycles. The Kier molecular flexibility index (Phi) is 8.62. The maximum Gasteiger partial charge on any atom is 0.228 e. The van der Waals surface area contributed by atoms with E-state index >= 15 is 0 Å². The van der Waals surface area contributed by atoms with Crippen LogP contribution in [-0.4, -0.2) is 32.8 Å². The van der Waals surface area contributed by atoms with Gasteiger partial charge in [0.15, 0.2) is 0 Å². The zero-order chi connectivity index (χ0) is 25.7. The largest absolute Gasteiger partial charge is 0.337 e. The van der Waals surface area contributed by atoms with Crippen LogP contribution in [0.25, 0.3) is 0 Å². The third-order valence-electron chi connectivity index (χ3n) is 6.83. The Morgan fingerprint density at radius 2 is 2.11 bits per heavy atom. The van der Waals surface area contributed by atoms with Crippen molar-refractivity contribution in [2.45, 2.75) is 52.5 Å². The summed E-state index contributed by atoms with van der Waals surface area (Å²) >= 11 is 1.79. The van der Waals surface area contributed by atoms with Gasteiger partial charge in [-0.05, 0) is 66.6 Å². The normalized spacial score (nSPS) is 17.1. The monoisotopic (exact) mass is 506 g/mol. The number of benzene rings is 2. The van der Waals surface area contributed by atoms with E-state index < -0.39 is 0 Å². The first kappa shape index (κ1) is 26.1. The second kappa shape index (κ2) is 11.9. The van der Waals surface area contributed by atoms with Crippen molar-refractivity contribution in [1.82, 2.24) is 9.55 Å². The smallest absolute Gasteiger partial charge is 0.228 e. The van der Waals surface area contributed by atoms with Crippen LogP contribution in [0.1, 0.15) is 55.1 Å². The van der Waals surface area contributed by atoms with E-state index in [0.29, 0.717) is 18.9 Å². The van der Waals surface area contributed by atoms with Gasteiger partial charge in [-0.1, -0.05) is 32.0 Å². The average Bonchev–Trinajstić information content (AvgIpc) is 3.60. The van der Waals surface area contributed by atoms with Crippen LogP contribution >= 0.6 is 11.8 Å². The standard InChI is InChI=1S/C22H28N4OS.C7H7F/c1-15-4-5-17-6-7-18(13-19(15)17)26(14-20-23-8-10-25(20)3)21(27)12-16(2)22-24-9-11-28-22;1-6-3-2-4-7(8)5-6/h6-8,10,13,15-16H,4-5,9,11-12,14H2,1-3H3;2-5H,1H3/t15-,16-;/m1./s1. The second-order valence-corrected chi connectivity index (χ2v) is 10.8. The summed E-state index contributed by atoms with van der Waals surface area (Å²) in [5.41, 5.74) is 4.75. The Labute approximate surface area is 217 Å². The number of aliphatic imine (C=N–C) groups is 1. The predicted octanol–water partition coefficient (Wildman–Crippen LogP) is 6.31. The average molecular weight is 507 g/mol. The molecule has 1 aliphatic heterocycles. The highest BCUT2D eigenvalue weighted by molar-refractivity contribution is 8.14. The Balaban J connectivity index is 0.000000325. The number of halogens is 1. The third kappa shape index (κ3) is 6.44. The second-order valence-electron chi connectivity index (χ2n) is 9.73. The Bertz CT molecular complexity index is 1220. The number of anilines is 1. The van der Waals surface area contributed by atoms with Crippen molar-refractivity contribution in [3.05, 3.63) is 83.2 Å². The maximum atomic E-state index is 13.4. The topological polar surface area (TPSA) is 50.5 Å². The molecule has 0 saturated heterocycles. The van der Waals surface area contributed by atoms with Crippen LogP contribution in [0.15, 0.2) is 59.9 Å². The zero-order valence-electron chi connectivity index (χ0n) is 21.6. The Morgan fingerprint density at radius 3 is 2.75 bits per heavy atom. The van der Waals surface area contributed by atoms with Crippen molar-refractivity contribution in [3.63, 3.8) is 0 Å². The van der Waals surface area contributed by atoms with Crippen LogP contribution in [0.5, 0.6) is 0 Å². The molecule has 36 heavy (non-hydrogen) atoms. The summed E-state index contributed by atoms with van der Waals surface area (Å²) in [5, 5.41) is 1.12. The SMILES string of the molecule is C[C@H](CC(=O)N(Cc1nccn1C)c1ccc2c(c1)[C@H](C)CC2)C1=NCCS1.Cc1cccc(F)c1. The van der Waals surface area contributed by atoms with E-state index in [1.165, 1.54) is 29.7 Å². The van der Waals surface area contributed by atoms with Gasteiger partial charge < -0.3 is 9.47 Å². The molecular weight excluding hydrogens is 471 g/mol. The van der Waals surface area contributed by atoms with Gasteiger partial charge in [-0.15, -0.1) is 11.8 Å². The molecule has 7 heteroatoms. The number of imidazole rings is 1. The minimum atomic E-state index is -0.162. The van der Waals surface area contributed by atoms with E-state index in [0.717, 1.165) is 40.8 Å². The van der Waals surface area contributed by atoms with Crippen molar-refractivity contribution in [3.8, 4) is 0 Å². The number of aryl methyl sites for hydroxylation is 3. The third-order valence-corrected chi connectivity index (χ3v) is 8.05. The van der Waals surface area contributed by atoms with Crippen LogP contribution in [0.3, 0.4) is 0 Å². The minimum Gasteiger partial charge on any atom is -0.337 e. The summed E-state index contributed by atoms with van der Waals surface area (Å²) in [4.78, 5) is 24.3. The molecule has 190 valence electrons. The van der Waals surface area contributed by atoms with Crippen LogP contribution in [0.4, 0.5) is 10.1 Å². The summed E-state index contributed by atoms with van der Waals surface area (Å²) < 4.78 is 14.2. The highest BCUT2D eigenvalue weighted by Gasteiger charge is 2.26. The highest BCUT2D eigenvalue weighted by Crippen LogP contribution is 2.36. The lowest BCUT2D eigenvalue weighted by molar-refractivity contribution is -0.119. The lowest BCUT2D eigenvalue weighted by Gasteiger charge is -2.25. The molecule has 5 rings (SSSR count). The molecule has 2 heterocycles. The number of hydrogen-bond donors (Lipinski definition) is 0. The minimum absolute atomic E-state index is 0.135. The van der Waals surface area contributed by atoms with Gasteiger partial charge in [0.05, 0.1) is 11.6 Å². The number of carbonyl (C=O) groups is 1. The lowest BCUT2D eigenvalue weighted by atomic mass is 10.0. The summed E-state index contributed by atoms with van der Waals surface area (Å²) in [6.45, 7) is 7.61. The van der Waals surface area contributed by atoms with E-state index in [-0.39, 0.29) is 17.6 Å². The summed E-state index contributed by atoms with van der Waals surface area (Å²) in [7, 11) is 1.97. The number of hydrogen-bond acceptors (Lipinski definition) is 4. The molecule has 3 aromatic rings. The van der Waals surface area contributed by atoms with Crippen molar-refractivity contribution in [1.29, 1.82) is 0 Å². The molecule has 0 bridgehead atoms. The van der Waals surface area contributed by atoms with Crippen LogP contribution in [0.2, 0.25) is 0 Å². The van der Waals surface area contributed by atoms with Gasteiger partial charge in [-0.25, -0.2) is 9.37 Å². The highest BCUT2D eigenvalue weighted by atomic mass is 32.2. The molecule has 2 atom stereocenters. The molecule has 0 fully saturated rings. The van der Waals surface area contributed by atoms with Gasteiger partial charge in [-0.3, -0.25) is 9.79 Å². The number of fused-ring (bicyclic) bond motifs is 1. The predicted molar refractivity (Wildman–Crippen MR) is 147 cm³/mol. The lowest BCUT2D eigenvalue weighted by Crippen LogP contribution is -2.33. The van der Waals surface area contributed by atoms with E-state index in [9.17, 15) is 9.18 Å². The fraction of sp³-hybridized carbons (Fsp3) is 0.414. The van der Waals surface area contributed by atoms with Gasteiger partial charge in [0.1, 0.15) is 11.6 Å². The molecule has 0 radical (unpaired) electrons. The number of rotatable bonds is 6. The first-order chi connectivity index (χ1) is 17.3. The van der Waals surface area contributed by atoms with Crippen molar-refractivity contribution < 1.29 is 9.18 Å². The maximum absolute atomic E-state index is 13.4. The molecule has 0 unspecified atom stereocenters. The van der Waals surface area contributed by atoms with E-state index in [2.05, 4.69) is 42.0 Å². The number of carbonyl (C=O) groups excluding carboxylic acids is 1. The van der Waals surface area contributed by atoms with Gasteiger partial charge in [-0.2, -0.15) is 0 Å². The summed E-state index contributed by atoms with van der Waals surface area (Å²) in [5.74, 6) is 2.62. The van der Waals surface area contributed by atoms with E-state index in [1.54, 1.807) is 24.0 Å². The zero-order valence-corrected chi connectivity index (χ0v) is 22.4. The van der Waals surface area contributed by atoms with Crippen molar-refractivity contribution >= 4 is 28.4 Å². The molecule has 5 nitrogen and oxygen atoms in total. The van der Waals surface area contributed by atoms with Gasteiger partial charge in [0.2, 0.25) is 5.91 Å². The molecule has 0 N–H and O–H groups in total. The molecule has 1 aliphatic carbocycles. The van der Waals surface area contributed by atoms with Crippen LogP contribution in [0, 0.1) is 18.7 Å².